The van der Waals surface area contributed by atoms with Gasteiger partial charge in [0.05, 0.1) is 10.0 Å². The largest absolute Gasteiger partial charge is 0.240 e. The van der Waals surface area contributed by atoms with Gasteiger partial charge >= 0.3 is 0 Å². The Morgan fingerprint density at radius 2 is 1.71 bits per heavy atom. The molecular formula is C10H12N2S2. The van der Waals surface area contributed by atoms with Crippen molar-refractivity contribution < 1.29 is 0 Å². The zero-order valence-electron chi connectivity index (χ0n) is 8.44. The molecule has 0 saturated carbocycles. The van der Waals surface area contributed by atoms with Gasteiger partial charge < -0.3 is 0 Å². The minimum absolute atomic E-state index is 0.508. The molecule has 0 spiro atoms. The summed E-state index contributed by atoms with van der Waals surface area (Å²) in [6.45, 7) is 6.34. The Morgan fingerprint density at radius 1 is 1.07 bits per heavy atom. The first-order valence-corrected chi connectivity index (χ1v) is 6.30. The molecule has 2 rings (SSSR count). The van der Waals surface area contributed by atoms with Gasteiger partial charge in [0, 0.05) is 16.7 Å². The van der Waals surface area contributed by atoms with Crippen LogP contribution in [0.2, 0.25) is 0 Å². The minimum Gasteiger partial charge on any atom is -0.240 e. The van der Waals surface area contributed by atoms with Crippen molar-refractivity contribution in [3.8, 4) is 11.4 Å². The smallest absolute Gasteiger partial charge is 0.101 e. The molecule has 0 aliphatic rings. The van der Waals surface area contributed by atoms with Crippen molar-refractivity contribution in [3.63, 3.8) is 0 Å². The van der Waals surface area contributed by atoms with Gasteiger partial charge in [-0.25, -0.2) is 9.97 Å². The van der Waals surface area contributed by atoms with Crippen molar-refractivity contribution in [2.45, 2.75) is 26.7 Å². The third-order valence-electron chi connectivity index (χ3n) is 1.90. The molecule has 0 N–H and O–H groups in total. The Morgan fingerprint density at radius 3 is 2.21 bits per heavy atom. The maximum atomic E-state index is 4.56. The summed E-state index contributed by atoms with van der Waals surface area (Å²) >= 11 is 3.39. The molecule has 14 heavy (non-hydrogen) atoms. The molecule has 2 aromatic heterocycles. The second-order valence-corrected chi connectivity index (χ2v) is 5.43. The van der Waals surface area contributed by atoms with Crippen LogP contribution in [0.4, 0.5) is 0 Å². The van der Waals surface area contributed by atoms with E-state index < -0.39 is 0 Å². The molecule has 2 nitrogen and oxygen atoms in total. The summed E-state index contributed by atoms with van der Waals surface area (Å²) in [4.78, 5) is 8.97. The molecule has 0 fully saturated rings. The molecule has 4 heteroatoms. The van der Waals surface area contributed by atoms with Crippen molar-refractivity contribution in [1.82, 2.24) is 9.97 Å². The molecule has 74 valence electrons. The monoisotopic (exact) mass is 224 g/mol. The first-order chi connectivity index (χ1) is 6.66. The van der Waals surface area contributed by atoms with E-state index in [4.69, 9.17) is 0 Å². The van der Waals surface area contributed by atoms with Crippen molar-refractivity contribution in [3.05, 3.63) is 20.8 Å². The van der Waals surface area contributed by atoms with Crippen LogP contribution in [0.3, 0.4) is 0 Å². The van der Waals surface area contributed by atoms with E-state index >= 15 is 0 Å². The predicted octanol–water partition coefficient (Wildman–Crippen LogP) is 3.70. The van der Waals surface area contributed by atoms with Gasteiger partial charge in [-0.1, -0.05) is 13.8 Å². The normalized spacial score (nSPS) is 11.1. The summed E-state index contributed by atoms with van der Waals surface area (Å²) < 4.78 is 0. The summed E-state index contributed by atoms with van der Waals surface area (Å²) in [5.74, 6) is 0.508. The number of hydrogen-bond donors (Lipinski definition) is 0. The van der Waals surface area contributed by atoms with Crippen molar-refractivity contribution in [1.29, 1.82) is 0 Å². The number of nitrogens with zero attached hydrogens (tertiary/aromatic N) is 2. The number of hydrogen-bond acceptors (Lipinski definition) is 4. The molecule has 0 aliphatic heterocycles. The Balaban J connectivity index is 2.33. The van der Waals surface area contributed by atoms with Gasteiger partial charge in [-0.2, -0.15) is 0 Å². The highest BCUT2D eigenvalue weighted by Crippen LogP contribution is 2.26. The van der Waals surface area contributed by atoms with Crippen LogP contribution < -0.4 is 0 Å². The third-order valence-corrected chi connectivity index (χ3v) is 3.82. The Kier molecular flexibility index (Phi) is 2.65. The third kappa shape index (κ3) is 1.86. The van der Waals surface area contributed by atoms with Gasteiger partial charge in [-0.3, -0.25) is 0 Å². The minimum atomic E-state index is 0.508. The molecule has 0 bridgehead atoms. The van der Waals surface area contributed by atoms with E-state index in [0.29, 0.717) is 5.92 Å². The zero-order valence-corrected chi connectivity index (χ0v) is 10.1. The summed E-state index contributed by atoms with van der Waals surface area (Å²) in [6.07, 6.45) is 0. The van der Waals surface area contributed by atoms with Gasteiger partial charge in [0.2, 0.25) is 0 Å². The highest BCUT2D eigenvalue weighted by atomic mass is 32.1. The van der Waals surface area contributed by atoms with E-state index in [9.17, 15) is 0 Å². The highest BCUT2D eigenvalue weighted by Gasteiger charge is 2.09. The fourth-order valence-electron chi connectivity index (χ4n) is 1.15. The van der Waals surface area contributed by atoms with Gasteiger partial charge in [0.1, 0.15) is 11.4 Å². The molecule has 0 unspecified atom stereocenters. The first kappa shape index (κ1) is 9.80. The molecule has 0 amide bonds. The van der Waals surface area contributed by atoms with Crippen LogP contribution in [0.25, 0.3) is 11.4 Å². The number of aromatic nitrogens is 2. The lowest BCUT2D eigenvalue weighted by molar-refractivity contribution is 0.853. The number of rotatable bonds is 2. The van der Waals surface area contributed by atoms with E-state index in [2.05, 4.69) is 34.6 Å². The molecule has 0 aromatic carbocycles. The van der Waals surface area contributed by atoms with Crippen molar-refractivity contribution in [2.24, 2.45) is 0 Å². The fraction of sp³-hybridized carbons (Fsp3) is 0.400. The van der Waals surface area contributed by atoms with E-state index in [1.165, 1.54) is 5.01 Å². The maximum Gasteiger partial charge on any atom is 0.101 e. The van der Waals surface area contributed by atoms with E-state index in [1.54, 1.807) is 22.7 Å². The average Bonchev–Trinajstić information content (AvgIpc) is 2.70. The second kappa shape index (κ2) is 3.79. The van der Waals surface area contributed by atoms with Gasteiger partial charge in [-0.05, 0) is 6.92 Å². The van der Waals surface area contributed by atoms with Crippen molar-refractivity contribution in [2.75, 3.05) is 0 Å². The molecule has 0 aliphatic carbocycles. The SMILES string of the molecule is Cc1nc(-c2csc(C(C)C)n2)cs1. The van der Waals surface area contributed by atoms with E-state index in [-0.39, 0.29) is 0 Å². The Bertz CT molecular complexity index is 429. The zero-order chi connectivity index (χ0) is 10.1. The topological polar surface area (TPSA) is 25.8 Å². The van der Waals surface area contributed by atoms with Gasteiger partial charge in [0.25, 0.3) is 0 Å². The Labute approximate surface area is 91.7 Å². The van der Waals surface area contributed by atoms with E-state index in [0.717, 1.165) is 16.4 Å². The van der Waals surface area contributed by atoms with Gasteiger partial charge in [-0.15, -0.1) is 22.7 Å². The standard InChI is InChI=1S/C10H12N2S2/c1-6(2)10-12-9(5-14-10)8-4-13-7(3)11-8/h4-6H,1-3H3. The van der Waals surface area contributed by atoms with Gasteiger partial charge in [0.15, 0.2) is 0 Å². The Hall–Kier alpha value is -0.740. The predicted molar refractivity (Wildman–Crippen MR) is 62.0 cm³/mol. The lowest BCUT2D eigenvalue weighted by atomic mass is 10.2. The summed E-state index contributed by atoms with van der Waals surface area (Å²) in [7, 11) is 0. The molecular weight excluding hydrogens is 212 g/mol. The van der Waals surface area contributed by atoms with Crippen molar-refractivity contribution >= 4 is 22.7 Å². The first-order valence-electron chi connectivity index (χ1n) is 4.54. The van der Waals surface area contributed by atoms with Crippen LogP contribution in [-0.4, -0.2) is 9.97 Å². The second-order valence-electron chi connectivity index (χ2n) is 3.48. The molecule has 0 saturated heterocycles. The van der Waals surface area contributed by atoms with Crippen LogP contribution in [0, 0.1) is 6.92 Å². The maximum absolute atomic E-state index is 4.56. The molecule has 2 heterocycles. The highest BCUT2D eigenvalue weighted by molar-refractivity contribution is 7.10. The molecule has 0 atom stereocenters. The lowest BCUT2D eigenvalue weighted by Gasteiger charge is -1.95. The molecule has 0 radical (unpaired) electrons. The van der Waals surface area contributed by atoms with Crippen LogP contribution in [-0.2, 0) is 0 Å². The molecule has 2 aromatic rings. The van der Waals surface area contributed by atoms with E-state index in [1.807, 2.05) is 6.92 Å². The lowest BCUT2D eigenvalue weighted by Crippen LogP contribution is -1.85. The van der Waals surface area contributed by atoms with Crippen LogP contribution in [0.5, 0.6) is 0 Å². The quantitative estimate of drug-likeness (QED) is 0.777. The summed E-state index contributed by atoms with van der Waals surface area (Å²) in [5, 5.41) is 6.43. The number of aryl methyl sites for hydroxylation is 1. The average molecular weight is 224 g/mol. The van der Waals surface area contributed by atoms with Crippen LogP contribution >= 0.6 is 22.7 Å². The van der Waals surface area contributed by atoms with Crippen LogP contribution in [0.15, 0.2) is 10.8 Å². The number of thiazole rings is 2. The fourth-order valence-corrected chi connectivity index (χ4v) is 2.59. The van der Waals surface area contributed by atoms with Crippen LogP contribution in [0.1, 0.15) is 29.8 Å². The summed E-state index contributed by atoms with van der Waals surface area (Å²) in [6, 6.07) is 0. The summed E-state index contributed by atoms with van der Waals surface area (Å²) in [5.41, 5.74) is 2.03.